The van der Waals surface area contributed by atoms with Crippen molar-refractivity contribution in [1.82, 2.24) is 0 Å². The summed E-state index contributed by atoms with van der Waals surface area (Å²) in [6.07, 6.45) is 0.406. The molecule has 0 aliphatic carbocycles. The Morgan fingerprint density at radius 1 is 1.09 bits per heavy atom. The second-order valence-electron chi connectivity index (χ2n) is 4.69. The largest absolute Gasteiger partial charge is 0.385 e. The molecule has 0 bridgehead atoms. The van der Waals surface area contributed by atoms with E-state index in [1.54, 1.807) is 18.2 Å². The van der Waals surface area contributed by atoms with E-state index in [1.807, 2.05) is 23.9 Å². The van der Waals surface area contributed by atoms with Crippen LogP contribution in [0, 0.1) is 0 Å². The number of carbonyl (C=O) groups is 1. The van der Waals surface area contributed by atoms with Gasteiger partial charge in [0.2, 0.25) is 0 Å². The third kappa shape index (κ3) is 4.94. The van der Waals surface area contributed by atoms with Crippen LogP contribution in [0.25, 0.3) is 0 Å². The van der Waals surface area contributed by atoms with E-state index in [2.05, 4.69) is 24.4 Å². The molecule has 0 aliphatic rings. The van der Waals surface area contributed by atoms with Crippen molar-refractivity contribution in [1.29, 1.82) is 0 Å². The van der Waals surface area contributed by atoms with Gasteiger partial charge in [0.05, 0.1) is 10.0 Å². The monoisotopic (exact) mass is 353 g/mol. The molecule has 0 aliphatic heterocycles. The van der Waals surface area contributed by atoms with Crippen molar-refractivity contribution in [2.75, 3.05) is 17.6 Å². The van der Waals surface area contributed by atoms with Crippen molar-refractivity contribution in [3.63, 3.8) is 0 Å². The van der Waals surface area contributed by atoms with Crippen molar-refractivity contribution in [3.8, 4) is 0 Å². The minimum atomic E-state index is 0.0456. The van der Waals surface area contributed by atoms with Crippen LogP contribution in [0.1, 0.15) is 23.7 Å². The first kappa shape index (κ1) is 17.2. The normalized spacial score (nSPS) is 10.5. The van der Waals surface area contributed by atoms with Crippen LogP contribution < -0.4 is 5.32 Å². The van der Waals surface area contributed by atoms with E-state index in [1.165, 1.54) is 4.90 Å². The van der Waals surface area contributed by atoms with E-state index in [0.717, 1.165) is 11.4 Å². The molecule has 0 amide bonds. The number of Topliss-reactive ketones (excluding diaryl/α,β-unsaturated/α-hetero) is 1. The zero-order chi connectivity index (χ0) is 15.9. The molecule has 0 fully saturated rings. The van der Waals surface area contributed by atoms with Crippen LogP contribution in [0.2, 0.25) is 10.0 Å². The summed E-state index contributed by atoms with van der Waals surface area (Å²) in [5, 5.41) is 4.12. The lowest BCUT2D eigenvalue weighted by Gasteiger charge is -2.07. The number of nitrogens with one attached hydrogen (secondary N) is 1. The number of anilines is 1. The van der Waals surface area contributed by atoms with Gasteiger partial charge in [-0.2, -0.15) is 0 Å². The first-order valence-corrected chi connectivity index (χ1v) is 8.79. The maximum Gasteiger partial charge on any atom is 0.164 e. The van der Waals surface area contributed by atoms with Crippen LogP contribution in [0.4, 0.5) is 5.69 Å². The maximum atomic E-state index is 12.1. The highest BCUT2D eigenvalue weighted by Crippen LogP contribution is 2.23. The minimum absolute atomic E-state index is 0.0456. The maximum absolute atomic E-state index is 12.1. The SMILES string of the molecule is CCSc1ccc(NCCC(=O)c2ccc(Cl)c(Cl)c2)cc1. The summed E-state index contributed by atoms with van der Waals surface area (Å²) < 4.78 is 0. The standard InChI is InChI=1S/C17H17Cl2NOS/c1-2-22-14-6-4-13(5-7-14)20-10-9-17(21)12-3-8-15(18)16(19)11-12/h3-8,11,20H,2,9-10H2,1H3. The Morgan fingerprint density at radius 2 is 1.82 bits per heavy atom. The first-order valence-electron chi connectivity index (χ1n) is 7.05. The van der Waals surface area contributed by atoms with Crippen molar-refractivity contribution in [2.24, 2.45) is 0 Å². The molecule has 0 aromatic heterocycles. The molecule has 5 heteroatoms. The molecule has 0 radical (unpaired) electrons. The number of hydrogen-bond acceptors (Lipinski definition) is 3. The van der Waals surface area contributed by atoms with Gasteiger partial charge >= 0.3 is 0 Å². The molecule has 2 nitrogen and oxygen atoms in total. The summed E-state index contributed by atoms with van der Waals surface area (Å²) >= 11 is 13.6. The zero-order valence-corrected chi connectivity index (χ0v) is 14.6. The van der Waals surface area contributed by atoms with E-state index in [9.17, 15) is 4.79 Å². The Hall–Kier alpha value is -1.16. The third-order valence-electron chi connectivity index (χ3n) is 3.09. The van der Waals surface area contributed by atoms with Crippen LogP contribution in [-0.2, 0) is 0 Å². The lowest BCUT2D eigenvalue weighted by Crippen LogP contribution is -2.08. The quantitative estimate of drug-likeness (QED) is 0.504. The molecule has 0 spiro atoms. The van der Waals surface area contributed by atoms with Gasteiger partial charge in [0.15, 0.2) is 5.78 Å². The Labute approximate surface area is 145 Å². The number of rotatable bonds is 7. The van der Waals surface area contributed by atoms with Gasteiger partial charge in [-0.05, 0) is 48.2 Å². The van der Waals surface area contributed by atoms with Crippen molar-refractivity contribution >= 4 is 46.4 Å². The van der Waals surface area contributed by atoms with E-state index in [-0.39, 0.29) is 5.78 Å². The van der Waals surface area contributed by atoms with Crippen LogP contribution in [0.15, 0.2) is 47.4 Å². The van der Waals surface area contributed by atoms with Crippen molar-refractivity contribution in [2.45, 2.75) is 18.2 Å². The van der Waals surface area contributed by atoms with Crippen molar-refractivity contribution < 1.29 is 4.79 Å². The molecular weight excluding hydrogens is 337 g/mol. The van der Waals surface area contributed by atoms with E-state index in [4.69, 9.17) is 23.2 Å². The van der Waals surface area contributed by atoms with Crippen LogP contribution in [-0.4, -0.2) is 18.1 Å². The highest BCUT2D eigenvalue weighted by Gasteiger charge is 2.08. The Bertz CT molecular complexity index is 644. The topological polar surface area (TPSA) is 29.1 Å². The summed E-state index contributed by atoms with van der Waals surface area (Å²) in [6, 6.07) is 13.2. The highest BCUT2D eigenvalue weighted by molar-refractivity contribution is 7.99. The predicted octanol–water partition coefficient (Wildman–Crippen LogP) is 5.79. The number of carbonyl (C=O) groups excluding carboxylic acids is 1. The summed E-state index contributed by atoms with van der Waals surface area (Å²) in [7, 11) is 0. The Balaban J connectivity index is 1.84. The van der Waals surface area contributed by atoms with Gasteiger partial charge in [0.1, 0.15) is 0 Å². The number of halogens is 2. The summed E-state index contributed by atoms with van der Waals surface area (Å²) in [5.41, 5.74) is 1.60. The number of hydrogen-bond donors (Lipinski definition) is 1. The average Bonchev–Trinajstić information content (AvgIpc) is 2.52. The second kappa shape index (κ2) is 8.47. The summed E-state index contributed by atoms with van der Waals surface area (Å²) in [6.45, 7) is 2.71. The summed E-state index contributed by atoms with van der Waals surface area (Å²) in [5.74, 6) is 1.11. The number of benzene rings is 2. The molecule has 2 aromatic carbocycles. The summed E-state index contributed by atoms with van der Waals surface area (Å²) in [4.78, 5) is 13.3. The fraction of sp³-hybridized carbons (Fsp3) is 0.235. The van der Waals surface area contributed by atoms with E-state index < -0.39 is 0 Å². The fourth-order valence-corrected chi connectivity index (χ4v) is 2.93. The molecule has 1 N–H and O–H groups in total. The Kier molecular flexibility index (Phi) is 6.62. The smallest absolute Gasteiger partial charge is 0.164 e. The fourth-order valence-electron chi connectivity index (χ4n) is 1.97. The molecule has 0 saturated carbocycles. The van der Waals surface area contributed by atoms with Gasteiger partial charge in [0, 0.05) is 29.1 Å². The predicted molar refractivity (Wildman–Crippen MR) is 96.7 cm³/mol. The number of ketones is 1. The van der Waals surface area contributed by atoms with E-state index >= 15 is 0 Å². The number of thioether (sulfide) groups is 1. The van der Waals surface area contributed by atoms with Gasteiger partial charge < -0.3 is 5.32 Å². The minimum Gasteiger partial charge on any atom is -0.385 e. The Morgan fingerprint density at radius 3 is 2.45 bits per heavy atom. The first-order chi connectivity index (χ1) is 10.6. The average molecular weight is 354 g/mol. The second-order valence-corrected chi connectivity index (χ2v) is 6.84. The van der Waals surface area contributed by atoms with Gasteiger partial charge in [-0.1, -0.05) is 30.1 Å². The highest BCUT2D eigenvalue weighted by atomic mass is 35.5. The van der Waals surface area contributed by atoms with Crippen molar-refractivity contribution in [3.05, 3.63) is 58.1 Å². The molecule has 2 rings (SSSR count). The molecule has 0 atom stereocenters. The molecule has 0 saturated heterocycles. The van der Waals surface area contributed by atoms with Gasteiger partial charge in [0.25, 0.3) is 0 Å². The lowest BCUT2D eigenvalue weighted by atomic mass is 10.1. The molecule has 22 heavy (non-hydrogen) atoms. The van der Waals surface area contributed by atoms with Gasteiger partial charge in [-0.3, -0.25) is 4.79 Å². The van der Waals surface area contributed by atoms with Crippen LogP contribution >= 0.6 is 35.0 Å². The molecule has 0 heterocycles. The van der Waals surface area contributed by atoms with Gasteiger partial charge in [-0.25, -0.2) is 0 Å². The molecule has 116 valence electrons. The van der Waals surface area contributed by atoms with E-state index in [0.29, 0.717) is 28.6 Å². The molecular formula is C17H17Cl2NOS. The van der Waals surface area contributed by atoms with Crippen LogP contribution in [0.5, 0.6) is 0 Å². The third-order valence-corrected chi connectivity index (χ3v) is 4.72. The van der Waals surface area contributed by atoms with Gasteiger partial charge in [-0.15, -0.1) is 11.8 Å². The van der Waals surface area contributed by atoms with Crippen LogP contribution in [0.3, 0.4) is 0 Å². The molecule has 2 aromatic rings. The zero-order valence-electron chi connectivity index (χ0n) is 12.2. The molecule has 0 unspecified atom stereocenters. The lowest BCUT2D eigenvalue weighted by molar-refractivity contribution is 0.0986.